The first kappa shape index (κ1) is 17.6. The van der Waals surface area contributed by atoms with Crippen molar-refractivity contribution in [3.8, 4) is 0 Å². The Labute approximate surface area is 158 Å². The summed E-state index contributed by atoms with van der Waals surface area (Å²) in [5, 5.41) is 2.96. The molecule has 1 aromatic heterocycles. The van der Waals surface area contributed by atoms with Gasteiger partial charge in [-0.3, -0.25) is 4.79 Å². The number of aromatic amines is 1. The molecule has 1 aliphatic carbocycles. The van der Waals surface area contributed by atoms with Crippen molar-refractivity contribution in [2.45, 2.75) is 31.8 Å². The number of hydrogen-bond acceptors (Lipinski definition) is 3. The smallest absolute Gasteiger partial charge is 0.410 e. The summed E-state index contributed by atoms with van der Waals surface area (Å²) in [5.74, 6) is 0.311. The second-order valence-corrected chi connectivity index (χ2v) is 7.41. The predicted molar refractivity (Wildman–Crippen MR) is 102 cm³/mol. The van der Waals surface area contributed by atoms with Crippen molar-refractivity contribution in [3.63, 3.8) is 0 Å². The largest absolute Gasteiger partial charge is 0.445 e. The van der Waals surface area contributed by atoms with Crippen molar-refractivity contribution < 1.29 is 14.3 Å². The van der Waals surface area contributed by atoms with Gasteiger partial charge in [0.05, 0.1) is 0 Å². The number of hydrogen-bond donors (Lipinski definition) is 2. The molecule has 1 aliphatic heterocycles. The number of piperidine rings is 1. The fraction of sp³-hybridized carbons (Fsp3) is 0.429. The van der Waals surface area contributed by atoms with Gasteiger partial charge >= 0.3 is 6.09 Å². The van der Waals surface area contributed by atoms with Crippen LogP contribution in [0.5, 0.6) is 0 Å². The van der Waals surface area contributed by atoms with Gasteiger partial charge in [-0.2, -0.15) is 0 Å². The SMILES string of the molecule is O=C(NCC1CCN(C(=O)OC2Cc3ccccc3C2)CC1)c1ccc[nH]1. The molecule has 1 saturated heterocycles. The molecule has 6 heteroatoms. The molecule has 2 heterocycles. The van der Waals surface area contributed by atoms with Crippen LogP contribution in [0.15, 0.2) is 42.6 Å². The van der Waals surface area contributed by atoms with Crippen LogP contribution in [0.2, 0.25) is 0 Å². The Morgan fingerprint density at radius 1 is 1.07 bits per heavy atom. The van der Waals surface area contributed by atoms with E-state index in [0.717, 1.165) is 25.7 Å². The van der Waals surface area contributed by atoms with Gasteiger partial charge in [0.15, 0.2) is 0 Å². The van der Waals surface area contributed by atoms with E-state index in [0.29, 0.717) is 31.2 Å². The van der Waals surface area contributed by atoms with Crippen LogP contribution in [0.25, 0.3) is 0 Å². The molecule has 2 amide bonds. The molecule has 0 saturated carbocycles. The standard InChI is InChI=1S/C21H25N3O3/c25-20(19-6-3-9-22-19)23-14-15-7-10-24(11-8-15)21(26)27-18-12-16-4-1-2-5-17(16)13-18/h1-6,9,15,18,22H,7-8,10-14H2,(H,23,25). The zero-order chi connectivity index (χ0) is 18.6. The average Bonchev–Trinajstić information content (AvgIpc) is 3.35. The Balaban J connectivity index is 1.19. The number of amides is 2. The molecule has 0 bridgehead atoms. The van der Waals surface area contributed by atoms with Crippen LogP contribution in [0.3, 0.4) is 0 Å². The summed E-state index contributed by atoms with van der Waals surface area (Å²) in [6, 6.07) is 11.8. The molecule has 0 radical (unpaired) electrons. The Hall–Kier alpha value is -2.76. The van der Waals surface area contributed by atoms with Gasteiger partial charge in [-0.15, -0.1) is 0 Å². The van der Waals surface area contributed by atoms with Crippen LogP contribution in [0.1, 0.15) is 34.5 Å². The van der Waals surface area contributed by atoms with E-state index < -0.39 is 0 Å². The number of aromatic nitrogens is 1. The number of fused-ring (bicyclic) bond motifs is 1. The molecular formula is C21H25N3O3. The molecule has 0 spiro atoms. The topological polar surface area (TPSA) is 74.4 Å². The third-order valence-corrected chi connectivity index (χ3v) is 5.55. The van der Waals surface area contributed by atoms with Gasteiger partial charge in [0.1, 0.15) is 11.8 Å². The summed E-state index contributed by atoms with van der Waals surface area (Å²) in [5.41, 5.74) is 3.15. The normalized spacial score (nSPS) is 17.6. The van der Waals surface area contributed by atoms with Gasteiger partial charge < -0.3 is 19.9 Å². The lowest BCUT2D eigenvalue weighted by molar-refractivity contribution is 0.0560. The van der Waals surface area contributed by atoms with Crippen molar-refractivity contribution >= 4 is 12.0 Å². The molecule has 27 heavy (non-hydrogen) atoms. The van der Waals surface area contributed by atoms with Crippen LogP contribution in [-0.2, 0) is 17.6 Å². The monoisotopic (exact) mass is 367 g/mol. The number of carbonyl (C=O) groups is 2. The highest BCUT2D eigenvalue weighted by atomic mass is 16.6. The van der Waals surface area contributed by atoms with E-state index >= 15 is 0 Å². The minimum Gasteiger partial charge on any atom is -0.445 e. The summed E-state index contributed by atoms with van der Waals surface area (Å²) in [6.07, 6.45) is 4.86. The highest BCUT2D eigenvalue weighted by molar-refractivity contribution is 5.92. The Morgan fingerprint density at radius 2 is 1.78 bits per heavy atom. The number of H-pyrrole nitrogens is 1. The molecule has 2 aliphatic rings. The van der Waals surface area contributed by atoms with E-state index in [1.165, 1.54) is 11.1 Å². The quantitative estimate of drug-likeness (QED) is 0.873. The third-order valence-electron chi connectivity index (χ3n) is 5.55. The van der Waals surface area contributed by atoms with Gasteiger partial charge in [0.2, 0.25) is 0 Å². The zero-order valence-corrected chi connectivity index (χ0v) is 15.3. The van der Waals surface area contributed by atoms with Crippen LogP contribution in [-0.4, -0.2) is 47.6 Å². The zero-order valence-electron chi connectivity index (χ0n) is 15.3. The lowest BCUT2D eigenvalue weighted by atomic mass is 9.97. The molecule has 1 aromatic carbocycles. The highest BCUT2D eigenvalue weighted by Gasteiger charge is 2.29. The number of carbonyl (C=O) groups excluding carboxylic acids is 2. The lowest BCUT2D eigenvalue weighted by Crippen LogP contribution is -2.42. The Bertz CT molecular complexity index is 770. The molecule has 2 aromatic rings. The van der Waals surface area contributed by atoms with E-state index in [9.17, 15) is 9.59 Å². The molecule has 1 fully saturated rings. The molecule has 0 unspecified atom stereocenters. The van der Waals surface area contributed by atoms with Crippen molar-refractivity contribution in [2.24, 2.45) is 5.92 Å². The van der Waals surface area contributed by atoms with Gasteiger partial charge in [-0.05, 0) is 42.0 Å². The summed E-state index contributed by atoms with van der Waals surface area (Å²) in [7, 11) is 0. The van der Waals surface area contributed by atoms with E-state index in [-0.39, 0.29) is 18.1 Å². The number of rotatable bonds is 4. The molecule has 0 atom stereocenters. The fourth-order valence-electron chi connectivity index (χ4n) is 3.94. The second-order valence-electron chi connectivity index (χ2n) is 7.41. The van der Waals surface area contributed by atoms with Crippen molar-refractivity contribution in [2.75, 3.05) is 19.6 Å². The predicted octanol–water partition coefficient (Wildman–Crippen LogP) is 2.76. The van der Waals surface area contributed by atoms with E-state index in [2.05, 4.69) is 22.4 Å². The Morgan fingerprint density at radius 3 is 2.41 bits per heavy atom. The number of benzene rings is 1. The maximum absolute atomic E-state index is 12.5. The second kappa shape index (κ2) is 7.86. The van der Waals surface area contributed by atoms with Crippen molar-refractivity contribution in [3.05, 3.63) is 59.4 Å². The Kier molecular flexibility index (Phi) is 5.14. The first-order valence-electron chi connectivity index (χ1n) is 9.63. The van der Waals surface area contributed by atoms with E-state index in [1.54, 1.807) is 17.2 Å². The maximum Gasteiger partial charge on any atom is 0.410 e. The summed E-state index contributed by atoms with van der Waals surface area (Å²) >= 11 is 0. The minimum atomic E-state index is -0.207. The van der Waals surface area contributed by atoms with Gasteiger partial charge in [0.25, 0.3) is 5.91 Å². The summed E-state index contributed by atoms with van der Waals surface area (Å²) in [6.45, 7) is 2.00. The molecule has 6 nitrogen and oxygen atoms in total. The van der Waals surface area contributed by atoms with Crippen LogP contribution < -0.4 is 5.32 Å². The summed E-state index contributed by atoms with van der Waals surface area (Å²) < 4.78 is 5.73. The van der Waals surface area contributed by atoms with Crippen molar-refractivity contribution in [1.82, 2.24) is 15.2 Å². The van der Waals surface area contributed by atoms with Crippen molar-refractivity contribution in [1.29, 1.82) is 0 Å². The third kappa shape index (κ3) is 4.15. The van der Waals surface area contributed by atoms with Crippen LogP contribution in [0, 0.1) is 5.92 Å². The first-order valence-corrected chi connectivity index (χ1v) is 9.63. The molecular weight excluding hydrogens is 342 g/mol. The highest BCUT2D eigenvalue weighted by Crippen LogP contribution is 2.25. The fourth-order valence-corrected chi connectivity index (χ4v) is 3.94. The first-order chi connectivity index (χ1) is 13.2. The summed E-state index contributed by atoms with van der Waals surface area (Å²) in [4.78, 5) is 29.1. The maximum atomic E-state index is 12.5. The number of nitrogens with one attached hydrogen (secondary N) is 2. The number of nitrogens with zero attached hydrogens (tertiary/aromatic N) is 1. The van der Waals surface area contributed by atoms with Gasteiger partial charge in [-0.1, -0.05) is 24.3 Å². The molecule has 4 rings (SSSR count). The molecule has 142 valence electrons. The van der Waals surface area contributed by atoms with E-state index in [4.69, 9.17) is 4.74 Å². The average molecular weight is 367 g/mol. The minimum absolute atomic E-state index is 0.0484. The van der Waals surface area contributed by atoms with Gasteiger partial charge in [0, 0.05) is 38.7 Å². The number of ether oxygens (including phenoxy) is 1. The van der Waals surface area contributed by atoms with E-state index in [1.807, 2.05) is 18.2 Å². The van der Waals surface area contributed by atoms with Gasteiger partial charge in [-0.25, -0.2) is 4.79 Å². The number of likely N-dealkylation sites (tertiary alicyclic amines) is 1. The molecule has 2 N–H and O–H groups in total. The van der Waals surface area contributed by atoms with Crippen LogP contribution >= 0.6 is 0 Å². The lowest BCUT2D eigenvalue weighted by Gasteiger charge is -2.32. The van der Waals surface area contributed by atoms with Crippen LogP contribution in [0.4, 0.5) is 4.79 Å².